The number of amides is 1. The van der Waals surface area contributed by atoms with Gasteiger partial charge in [0.15, 0.2) is 5.76 Å². The van der Waals surface area contributed by atoms with Crippen molar-refractivity contribution < 1.29 is 22.0 Å². The zero-order valence-corrected chi connectivity index (χ0v) is 19.0. The minimum Gasteiger partial charge on any atom is -0.451 e. The molecule has 1 N–H and O–H groups in total. The minimum absolute atomic E-state index is 0.101. The third-order valence-corrected chi connectivity index (χ3v) is 7.66. The second-order valence-electron chi connectivity index (χ2n) is 8.00. The maximum absolute atomic E-state index is 13.2. The Morgan fingerprint density at radius 2 is 1.69 bits per heavy atom. The Bertz CT molecular complexity index is 1640. The van der Waals surface area contributed by atoms with Crippen molar-refractivity contribution in [2.24, 2.45) is 0 Å². The molecular weight excluding hydrogens is 468 g/mol. The Kier molecular flexibility index (Phi) is 4.89. The summed E-state index contributed by atoms with van der Waals surface area (Å²) in [5.74, 6) is 0.00125. The van der Waals surface area contributed by atoms with Crippen molar-refractivity contribution in [1.29, 1.82) is 0 Å². The maximum Gasteiger partial charge on any atom is 0.322 e. The first-order valence-electron chi connectivity index (χ1n) is 10.8. The summed E-state index contributed by atoms with van der Waals surface area (Å²) in [6.07, 6.45) is 0.663. The largest absolute Gasteiger partial charge is 0.451 e. The molecule has 0 fully saturated rings. The number of rotatable bonds is 5. The molecule has 0 atom stereocenters. The Labute approximate surface area is 200 Å². The van der Waals surface area contributed by atoms with E-state index in [-0.39, 0.29) is 22.4 Å². The molecule has 0 radical (unpaired) electrons. The monoisotopic (exact) mass is 486 g/mol. The molecule has 0 unspecified atom stereocenters. The number of anilines is 2. The highest BCUT2D eigenvalue weighted by Gasteiger charge is 2.30. The van der Waals surface area contributed by atoms with Crippen LogP contribution in [0, 0.1) is 0 Å². The Morgan fingerprint density at radius 1 is 0.914 bits per heavy atom. The molecule has 6 rings (SSSR count). The molecule has 1 aliphatic heterocycles. The SMILES string of the molecule is O=C(Nc1nnc(-c2cc3ccccc3o2)o1)c1ccc(S(=O)(=O)N2CCc3ccccc32)cc1. The van der Waals surface area contributed by atoms with Crippen LogP contribution in [0.3, 0.4) is 0 Å². The van der Waals surface area contributed by atoms with E-state index < -0.39 is 15.9 Å². The average molecular weight is 487 g/mol. The molecule has 3 heterocycles. The van der Waals surface area contributed by atoms with Gasteiger partial charge in [-0.1, -0.05) is 41.5 Å². The number of hydrogen-bond acceptors (Lipinski definition) is 7. The van der Waals surface area contributed by atoms with E-state index in [1.54, 1.807) is 12.1 Å². The first kappa shape index (κ1) is 21.1. The van der Waals surface area contributed by atoms with Gasteiger partial charge in [0.05, 0.1) is 10.6 Å². The Morgan fingerprint density at radius 3 is 2.51 bits per heavy atom. The first-order chi connectivity index (χ1) is 17.0. The number of aromatic nitrogens is 2. The Balaban J connectivity index is 1.18. The van der Waals surface area contributed by atoms with Crippen LogP contribution in [0.1, 0.15) is 15.9 Å². The van der Waals surface area contributed by atoms with E-state index in [1.807, 2.05) is 42.5 Å². The van der Waals surface area contributed by atoms with E-state index in [0.717, 1.165) is 10.9 Å². The predicted molar refractivity (Wildman–Crippen MR) is 129 cm³/mol. The molecule has 0 saturated carbocycles. The molecule has 174 valence electrons. The first-order valence-corrected chi connectivity index (χ1v) is 12.3. The molecule has 35 heavy (non-hydrogen) atoms. The van der Waals surface area contributed by atoms with Gasteiger partial charge in [0.2, 0.25) is 0 Å². The van der Waals surface area contributed by atoms with E-state index in [2.05, 4.69) is 15.5 Å². The van der Waals surface area contributed by atoms with Crippen molar-refractivity contribution in [1.82, 2.24) is 10.2 Å². The van der Waals surface area contributed by atoms with Crippen molar-refractivity contribution >= 4 is 38.6 Å². The maximum atomic E-state index is 13.2. The number of benzene rings is 3. The van der Waals surface area contributed by atoms with E-state index in [9.17, 15) is 13.2 Å². The van der Waals surface area contributed by atoms with E-state index >= 15 is 0 Å². The predicted octanol–water partition coefficient (Wildman–Crippen LogP) is 4.49. The molecular formula is C25H18N4O5S. The number of carbonyl (C=O) groups excluding carboxylic acids is 1. The van der Waals surface area contributed by atoms with Crippen LogP contribution in [-0.4, -0.2) is 31.1 Å². The number of hydrogen-bond donors (Lipinski definition) is 1. The molecule has 2 aromatic heterocycles. The van der Waals surface area contributed by atoms with Crippen LogP contribution >= 0.6 is 0 Å². The van der Waals surface area contributed by atoms with Crippen molar-refractivity contribution in [2.75, 3.05) is 16.2 Å². The summed E-state index contributed by atoms with van der Waals surface area (Å²) in [7, 11) is -3.74. The molecule has 9 nitrogen and oxygen atoms in total. The molecule has 0 aliphatic carbocycles. The van der Waals surface area contributed by atoms with Crippen LogP contribution in [0.5, 0.6) is 0 Å². The van der Waals surface area contributed by atoms with Gasteiger partial charge in [-0.25, -0.2) is 8.42 Å². The molecule has 3 aromatic carbocycles. The van der Waals surface area contributed by atoms with Gasteiger partial charge in [-0.05, 0) is 54.4 Å². The summed E-state index contributed by atoms with van der Waals surface area (Å²) in [5, 5.41) is 11.2. The summed E-state index contributed by atoms with van der Waals surface area (Å²) < 4.78 is 38.9. The average Bonchev–Trinajstić information content (AvgIpc) is 3.62. The fourth-order valence-corrected chi connectivity index (χ4v) is 5.60. The number of furan rings is 1. The van der Waals surface area contributed by atoms with Gasteiger partial charge in [0.1, 0.15) is 5.58 Å². The summed E-state index contributed by atoms with van der Waals surface area (Å²) in [6, 6.07) is 22.3. The quantitative estimate of drug-likeness (QED) is 0.389. The van der Waals surface area contributed by atoms with E-state index in [1.165, 1.54) is 28.6 Å². The molecule has 1 aliphatic rings. The summed E-state index contributed by atoms with van der Waals surface area (Å²) in [6.45, 7) is 0.384. The normalized spacial score (nSPS) is 13.2. The van der Waals surface area contributed by atoms with Gasteiger partial charge in [-0.3, -0.25) is 14.4 Å². The number of nitrogens with zero attached hydrogens (tertiary/aromatic N) is 3. The molecule has 10 heteroatoms. The van der Waals surface area contributed by atoms with Gasteiger partial charge in [0, 0.05) is 17.5 Å². The number of carbonyl (C=O) groups is 1. The van der Waals surface area contributed by atoms with Crippen LogP contribution in [-0.2, 0) is 16.4 Å². The number of fused-ring (bicyclic) bond motifs is 2. The Hall–Kier alpha value is -4.44. The lowest BCUT2D eigenvalue weighted by Crippen LogP contribution is -2.29. The molecule has 0 bridgehead atoms. The lowest BCUT2D eigenvalue weighted by atomic mass is 10.2. The molecule has 5 aromatic rings. The standard InChI is InChI=1S/C25H18N4O5S/c30-23(26-25-28-27-24(34-25)22-15-18-6-2-4-8-21(18)33-22)17-9-11-19(12-10-17)35(31,32)29-14-13-16-5-1-3-7-20(16)29/h1-12,15H,13-14H2,(H,26,28,30). The smallest absolute Gasteiger partial charge is 0.322 e. The van der Waals surface area contributed by atoms with Gasteiger partial charge >= 0.3 is 6.01 Å². The van der Waals surface area contributed by atoms with Crippen LogP contribution in [0.15, 0.2) is 92.6 Å². The summed E-state index contributed by atoms with van der Waals surface area (Å²) >= 11 is 0. The summed E-state index contributed by atoms with van der Waals surface area (Å²) in [5.41, 5.74) is 2.60. The third-order valence-electron chi connectivity index (χ3n) is 5.83. The van der Waals surface area contributed by atoms with Crippen molar-refractivity contribution in [3.63, 3.8) is 0 Å². The molecule has 0 spiro atoms. The highest BCUT2D eigenvalue weighted by molar-refractivity contribution is 7.92. The second kappa shape index (κ2) is 8.10. The number of sulfonamides is 1. The van der Waals surface area contributed by atoms with Crippen LogP contribution in [0.25, 0.3) is 22.6 Å². The van der Waals surface area contributed by atoms with Crippen LogP contribution in [0.2, 0.25) is 0 Å². The van der Waals surface area contributed by atoms with E-state index in [4.69, 9.17) is 8.83 Å². The highest BCUT2D eigenvalue weighted by Crippen LogP contribution is 2.33. The highest BCUT2D eigenvalue weighted by atomic mass is 32.2. The topological polar surface area (TPSA) is 119 Å². The lowest BCUT2D eigenvalue weighted by molar-refractivity contribution is 0.102. The van der Waals surface area contributed by atoms with Crippen molar-refractivity contribution in [2.45, 2.75) is 11.3 Å². The fraction of sp³-hybridized carbons (Fsp3) is 0.0800. The number of nitrogens with one attached hydrogen (secondary N) is 1. The lowest BCUT2D eigenvalue weighted by Gasteiger charge is -2.19. The van der Waals surface area contributed by atoms with Crippen LogP contribution in [0.4, 0.5) is 11.7 Å². The zero-order valence-electron chi connectivity index (χ0n) is 18.2. The zero-order chi connectivity index (χ0) is 24.0. The van der Waals surface area contributed by atoms with E-state index in [0.29, 0.717) is 30.0 Å². The van der Waals surface area contributed by atoms with Gasteiger partial charge < -0.3 is 8.83 Å². The molecule has 1 amide bonds. The number of para-hydroxylation sites is 2. The van der Waals surface area contributed by atoms with Crippen LogP contribution < -0.4 is 9.62 Å². The minimum atomic E-state index is -3.74. The third kappa shape index (κ3) is 3.73. The fourth-order valence-electron chi connectivity index (χ4n) is 4.09. The second-order valence-corrected chi connectivity index (χ2v) is 9.86. The van der Waals surface area contributed by atoms with Crippen molar-refractivity contribution in [3.05, 3.63) is 90.0 Å². The van der Waals surface area contributed by atoms with Crippen molar-refractivity contribution in [3.8, 4) is 11.7 Å². The van der Waals surface area contributed by atoms with Gasteiger partial charge in [0.25, 0.3) is 21.8 Å². The summed E-state index contributed by atoms with van der Waals surface area (Å²) in [4.78, 5) is 12.8. The van der Waals surface area contributed by atoms with Gasteiger partial charge in [-0.2, -0.15) is 0 Å². The van der Waals surface area contributed by atoms with Gasteiger partial charge in [-0.15, -0.1) is 5.10 Å². The molecule has 0 saturated heterocycles.